The summed E-state index contributed by atoms with van der Waals surface area (Å²) in [4.78, 5) is 43.8. The maximum atomic E-state index is 12.2. The number of urea groups is 1. The van der Waals surface area contributed by atoms with Crippen molar-refractivity contribution in [1.29, 1.82) is 0 Å². The Labute approximate surface area is 200 Å². The second kappa shape index (κ2) is 12.2. The van der Waals surface area contributed by atoms with Crippen LogP contribution in [-0.2, 0) is 19.1 Å². The third-order valence-electron chi connectivity index (χ3n) is 4.43. The number of ether oxygens (including phenoxy) is 2. The first-order valence-corrected chi connectivity index (χ1v) is 10.6. The van der Waals surface area contributed by atoms with Gasteiger partial charge in [0.05, 0.1) is 27.0 Å². The largest absolute Gasteiger partial charge is 0.435 e. The van der Waals surface area contributed by atoms with Gasteiger partial charge in [-0.25, -0.2) is 9.59 Å². The van der Waals surface area contributed by atoms with Crippen molar-refractivity contribution in [3.63, 3.8) is 0 Å². The van der Waals surface area contributed by atoms with E-state index in [-0.39, 0.29) is 6.79 Å². The lowest BCUT2D eigenvalue weighted by atomic mass is 10.1. The summed E-state index contributed by atoms with van der Waals surface area (Å²) in [6.45, 7) is 5.52. The molecule has 0 bridgehead atoms. The molecule has 3 N–H and O–H groups in total. The molecule has 1 fully saturated rings. The van der Waals surface area contributed by atoms with Gasteiger partial charge >= 0.3 is 12.0 Å². The molecule has 2 aromatic rings. The van der Waals surface area contributed by atoms with Gasteiger partial charge in [0.25, 0.3) is 0 Å². The first-order valence-electron chi connectivity index (χ1n) is 9.86. The lowest BCUT2D eigenvalue weighted by Gasteiger charge is -2.16. The SMILES string of the molecule is CC1C(=O)NC(=O)NC1=O.CCOCOC(=O)c1ccccc1Nc1c(Cl)ccc(C)c1Cl. The highest BCUT2D eigenvalue weighted by molar-refractivity contribution is 6.39. The van der Waals surface area contributed by atoms with Gasteiger partial charge in [0.15, 0.2) is 6.79 Å². The second-order valence-electron chi connectivity index (χ2n) is 6.80. The number of para-hydroxylation sites is 1. The fourth-order valence-corrected chi connectivity index (χ4v) is 2.99. The Hall–Kier alpha value is -3.14. The second-order valence-corrected chi connectivity index (χ2v) is 7.58. The quantitative estimate of drug-likeness (QED) is 0.237. The van der Waals surface area contributed by atoms with Crippen molar-refractivity contribution in [2.24, 2.45) is 5.92 Å². The lowest BCUT2D eigenvalue weighted by molar-refractivity contribution is -0.135. The van der Waals surface area contributed by atoms with Crippen molar-refractivity contribution < 1.29 is 28.7 Å². The van der Waals surface area contributed by atoms with Gasteiger partial charge in [-0.1, -0.05) is 41.4 Å². The predicted octanol–water partition coefficient (Wildman–Crippen LogP) is 4.18. The fourth-order valence-electron chi connectivity index (χ4n) is 2.52. The van der Waals surface area contributed by atoms with Crippen LogP contribution in [0.25, 0.3) is 0 Å². The van der Waals surface area contributed by atoms with Crippen LogP contribution in [0.5, 0.6) is 0 Å². The van der Waals surface area contributed by atoms with Crippen LogP contribution in [0.15, 0.2) is 36.4 Å². The van der Waals surface area contributed by atoms with Crippen molar-refractivity contribution in [2.45, 2.75) is 20.8 Å². The molecule has 0 aliphatic carbocycles. The zero-order valence-corrected chi connectivity index (χ0v) is 19.7. The third-order valence-corrected chi connectivity index (χ3v) is 5.23. The van der Waals surface area contributed by atoms with Crippen LogP contribution in [0.1, 0.15) is 29.8 Å². The number of carbonyl (C=O) groups excluding carboxylic acids is 4. The minimum absolute atomic E-state index is 0.0877. The molecule has 1 aliphatic heterocycles. The molecule has 0 saturated carbocycles. The number of amides is 4. The average Bonchev–Trinajstić information content (AvgIpc) is 2.78. The normalized spacial score (nSPS) is 13.4. The highest BCUT2D eigenvalue weighted by atomic mass is 35.5. The number of rotatable bonds is 6. The summed E-state index contributed by atoms with van der Waals surface area (Å²) in [7, 11) is 0. The van der Waals surface area contributed by atoms with Gasteiger partial charge in [-0.3, -0.25) is 20.2 Å². The smallest absolute Gasteiger partial charge is 0.342 e. The van der Waals surface area contributed by atoms with Crippen LogP contribution in [0.3, 0.4) is 0 Å². The molecule has 0 spiro atoms. The first kappa shape index (κ1) is 26.1. The van der Waals surface area contributed by atoms with Crippen LogP contribution >= 0.6 is 23.2 Å². The third kappa shape index (κ3) is 7.18. The van der Waals surface area contributed by atoms with E-state index >= 15 is 0 Å². The minimum atomic E-state index is -0.766. The van der Waals surface area contributed by atoms with E-state index in [9.17, 15) is 19.2 Å². The molecular weight excluding hydrogens is 473 g/mol. The fraction of sp³-hybridized carbons (Fsp3) is 0.273. The maximum absolute atomic E-state index is 12.2. The van der Waals surface area contributed by atoms with E-state index in [1.165, 1.54) is 6.92 Å². The number of imide groups is 2. The van der Waals surface area contributed by atoms with Gasteiger partial charge in [-0.05, 0) is 44.5 Å². The average molecular weight is 496 g/mol. The molecule has 0 radical (unpaired) electrons. The summed E-state index contributed by atoms with van der Waals surface area (Å²) in [5.74, 6) is -2.35. The van der Waals surface area contributed by atoms with Gasteiger partial charge in [0, 0.05) is 6.61 Å². The molecule has 0 unspecified atom stereocenters. The van der Waals surface area contributed by atoms with E-state index in [0.717, 1.165) is 5.56 Å². The van der Waals surface area contributed by atoms with Crippen LogP contribution < -0.4 is 16.0 Å². The summed E-state index contributed by atoms with van der Waals surface area (Å²) >= 11 is 12.5. The molecule has 1 heterocycles. The maximum Gasteiger partial charge on any atom is 0.342 e. The molecule has 3 rings (SSSR count). The molecule has 1 aliphatic rings. The van der Waals surface area contributed by atoms with Crippen LogP contribution in [0, 0.1) is 12.8 Å². The van der Waals surface area contributed by atoms with Crippen molar-refractivity contribution in [1.82, 2.24) is 10.6 Å². The molecule has 2 aromatic carbocycles. The lowest BCUT2D eigenvalue weighted by Crippen LogP contribution is -2.54. The van der Waals surface area contributed by atoms with Gasteiger partial charge in [-0.15, -0.1) is 0 Å². The van der Waals surface area contributed by atoms with Crippen LogP contribution in [-0.4, -0.2) is 37.2 Å². The van der Waals surface area contributed by atoms with Crippen LogP contribution in [0.2, 0.25) is 10.0 Å². The van der Waals surface area contributed by atoms with E-state index in [0.29, 0.717) is 33.6 Å². The Bertz CT molecular complexity index is 1040. The Morgan fingerprint density at radius 3 is 2.33 bits per heavy atom. The molecule has 11 heteroatoms. The number of anilines is 2. The highest BCUT2D eigenvalue weighted by Crippen LogP contribution is 2.36. The van der Waals surface area contributed by atoms with Gasteiger partial charge in [-0.2, -0.15) is 0 Å². The van der Waals surface area contributed by atoms with Crippen molar-refractivity contribution in [2.75, 3.05) is 18.7 Å². The molecule has 176 valence electrons. The number of nitrogens with one attached hydrogen (secondary N) is 3. The van der Waals surface area contributed by atoms with Crippen LogP contribution in [0.4, 0.5) is 16.2 Å². The number of hydrogen-bond donors (Lipinski definition) is 3. The number of hydrogen-bond acceptors (Lipinski definition) is 7. The molecule has 0 aromatic heterocycles. The van der Waals surface area contributed by atoms with Gasteiger partial charge < -0.3 is 14.8 Å². The standard InChI is InChI=1S/C17H17Cl2NO3.C5H6N2O3/c1-3-22-10-23-17(21)12-6-4-5-7-14(12)20-16-13(18)9-8-11(2)15(16)19;1-2-3(8)6-5(10)7-4(2)9/h4-9,20H,3,10H2,1-2H3;2H,1H3,(H2,6,7,8,9,10). The zero-order chi connectivity index (χ0) is 24.5. The minimum Gasteiger partial charge on any atom is -0.435 e. The molecule has 4 amide bonds. The summed E-state index contributed by atoms with van der Waals surface area (Å²) in [5, 5.41) is 7.99. The Morgan fingerprint density at radius 1 is 1.06 bits per heavy atom. The summed E-state index contributed by atoms with van der Waals surface area (Å²) in [6, 6.07) is 9.81. The predicted molar refractivity (Wildman–Crippen MR) is 124 cm³/mol. The highest BCUT2D eigenvalue weighted by Gasteiger charge is 2.29. The Balaban J connectivity index is 0.000000321. The molecule has 9 nitrogen and oxygen atoms in total. The molecular formula is C22H23Cl2N3O6. The molecule has 1 saturated heterocycles. The van der Waals surface area contributed by atoms with Gasteiger partial charge in [0.1, 0.15) is 5.92 Å². The zero-order valence-electron chi connectivity index (χ0n) is 18.2. The summed E-state index contributed by atoms with van der Waals surface area (Å²) < 4.78 is 10.1. The summed E-state index contributed by atoms with van der Waals surface area (Å²) in [6.07, 6.45) is 0. The van der Waals surface area contributed by atoms with E-state index in [1.54, 1.807) is 30.3 Å². The number of aryl methyl sites for hydroxylation is 1. The Morgan fingerprint density at radius 2 is 1.70 bits per heavy atom. The van der Waals surface area contributed by atoms with E-state index < -0.39 is 29.7 Å². The van der Waals surface area contributed by atoms with E-state index in [4.69, 9.17) is 32.7 Å². The molecule has 0 atom stereocenters. The topological polar surface area (TPSA) is 123 Å². The first-order chi connectivity index (χ1) is 15.6. The monoisotopic (exact) mass is 495 g/mol. The number of carbonyl (C=O) groups is 4. The van der Waals surface area contributed by atoms with Crippen molar-refractivity contribution in [3.8, 4) is 0 Å². The number of esters is 1. The molecule has 33 heavy (non-hydrogen) atoms. The van der Waals surface area contributed by atoms with E-state index in [2.05, 4.69) is 5.32 Å². The van der Waals surface area contributed by atoms with E-state index in [1.807, 2.05) is 30.5 Å². The van der Waals surface area contributed by atoms with Crippen molar-refractivity contribution in [3.05, 3.63) is 57.6 Å². The van der Waals surface area contributed by atoms with Gasteiger partial charge in [0.2, 0.25) is 11.8 Å². The summed E-state index contributed by atoms with van der Waals surface area (Å²) in [5.41, 5.74) is 2.37. The number of benzene rings is 2. The van der Waals surface area contributed by atoms with Crippen molar-refractivity contribution >= 4 is 58.4 Å². The number of barbiturate groups is 1. The Kier molecular flexibility index (Phi) is 9.65. The number of halogens is 2.